The van der Waals surface area contributed by atoms with Crippen LogP contribution in [0.15, 0.2) is 28.1 Å². The maximum absolute atomic E-state index is 11.8. The molecule has 1 aliphatic carbocycles. The zero-order valence-corrected chi connectivity index (χ0v) is 15.9. The summed E-state index contributed by atoms with van der Waals surface area (Å²) in [6.07, 6.45) is 5.96. The number of methoxy groups -OCH3 is 1. The van der Waals surface area contributed by atoms with E-state index in [1.165, 1.54) is 43.8 Å². The van der Waals surface area contributed by atoms with Gasteiger partial charge in [0.1, 0.15) is 15.7 Å². The molecular weight excluding hydrogens is 360 g/mol. The van der Waals surface area contributed by atoms with Gasteiger partial charge in [-0.1, -0.05) is 30.6 Å². The molecule has 1 aliphatic rings. The first-order valence-corrected chi connectivity index (χ1v) is 10.5. The number of aromatic nitrogens is 2. The fraction of sp³-hybridized carbons (Fsp3) is 0.500. The summed E-state index contributed by atoms with van der Waals surface area (Å²) >= 11 is 1.45. The van der Waals surface area contributed by atoms with E-state index in [1.54, 1.807) is 16.8 Å². The topological polar surface area (TPSA) is 99.6 Å². The van der Waals surface area contributed by atoms with Gasteiger partial charge in [0, 0.05) is 12.6 Å². The number of rotatable bonds is 4. The van der Waals surface area contributed by atoms with E-state index in [0.717, 1.165) is 17.6 Å². The molecule has 0 atom stereocenters. The van der Waals surface area contributed by atoms with Crippen molar-refractivity contribution < 1.29 is 13.2 Å². The van der Waals surface area contributed by atoms with E-state index in [1.807, 2.05) is 7.05 Å². The van der Waals surface area contributed by atoms with Gasteiger partial charge in [0.2, 0.25) is 14.8 Å². The number of benzene rings is 1. The fourth-order valence-electron chi connectivity index (χ4n) is 2.98. The van der Waals surface area contributed by atoms with E-state index < -0.39 is 10.0 Å². The Morgan fingerprint density at radius 2 is 2.04 bits per heavy atom. The molecule has 3 rings (SSSR count). The molecule has 0 saturated heterocycles. The number of primary sulfonamides is 1. The molecule has 0 amide bonds. The maximum Gasteiger partial charge on any atom is 0.241 e. The van der Waals surface area contributed by atoms with E-state index >= 15 is 0 Å². The average molecular weight is 383 g/mol. The molecular formula is C16H22N4O3S2. The van der Waals surface area contributed by atoms with Crippen molar-refractivity contribution in [3.8, 4) is 16.3 Å². The van der Waals surface area contributed by atoms with Crippen molar-refractivity contribution in [2.45, 2.75) is 43.0 Å². The van der Waals surface area contributed by atoms with Crippen LogP contribution in [0, 0.1) is 0 Å². The Labute approximate surface area is 151 Å². The summed E-state index contributed by atoms with van der Waals surface area (Å²) in [6.45, 7) is 0. The van der Waals surface area contributed by atoms with Gasteiger partial charge in [-0.15, -0.1) is 0 Å². The average Bonchev–Trinajstić information content (AvgIpc) is 2.95. The molecule has 0 unspecified atom stereocenters. The van der Waals surface area contributed by atoms with Crippen molar-refractivity contribution >= 4 is 21.4 Å². The van der Waals surface area contributed by atoms with Gasteiger partial charge in [0.25, 0.3) is 0 Å². The largest absolute Gasteiger partial charge is 0.495 e. The second-order valence-corrected chi connectivity index (χ2v) is 8.63. The number of hydrogen-bond acceptors (Lipinski definition) is 6. The van der Waals surface area contributed by atoms with Crippen LogP contribution in [-0.2, 0) is 17.1 Å². The SMILES string of the molecule is COc1ccc(-c2nn(C)c(=NC3CCCCC3)s2)cc1S(N)(=O)=O. The van der Waals surface area contributed by atoms with E-state index in [-0.39, 0.29) is 10.6 Å². The molecule has 1 saturated carbocycles. The summed E-state index contributed by atoms with van der Waals surface area (Å²) in [5, 5.41) is 10.5. The van der Waals surface area contributed by atoms with E-state index in [0.29, 0.717) is 16.6 Å². The molecule has 0 aliphatic heterocycles. The summed E-state index contributed by atoms with van der Waals surface area (Å²) in [4.78, 5) is 5.62. The molecule has 1 aromatic heterocycles. The second kappa shape index (κ2) is 7.27. The standard InChI is InChI=1S/C16H22N4O3S2/c1-20-16(18-12-6-4-3-5-7-12)24-15(19-20)11-8-9-13(23-2)14(10-11)25(17,21)22/h8-10,12H,3-7H2,1-2H3,(H2,17,21,22). The second-order valence-electron chi connectivity index (χ2n) is 6.14. The van der Waals surface area contributed by atoms with Crippen molar-refractivity contribution in [3.05, 3.63) is 23.0 Å². The van der Waals surface area contributed by atoms with Crippen LogP contribution in [-0.4, -0.2) is 31.3 Å². The molecule has 1 aromatic carbocycles. The summed E-state index contributed by atoms with van der Waals surface area (Å²) in [7, 11) is -0.617. The highest BCUT2D eigenvalue weighted by Gasteiger charge is 2.18. The van der Waals surface area contributed by atoms with Crippen molar-refractivity contribution in [3.63, 3.8) is 0 Å². The molecule has 0 spiro atoms. The van der Waals surface area contributed by atoms with Gasteiger partial charge < -0.3 is 4.74 Å². The lowest BCUT2D eigenvalue weighted by molar-refractivity contribution is 0.403. The monoisotopic (exact) mass is 382 g/mol. The fourth-order valence-corrected chi connectivity index (χ4v) is 4.66. The van der Waals surface area contributed by atoms with Gasteiger partial charge in [0.15, 0.2) is 0 Å². The van der Waals surface area contributed by atoms with Crippen LogP contribution >= 0.6 is 11.3 Å². The van der Waals surface area contributed by atoms with Crippen LogP contribution in [0.4, 0.5) is 0 Å². The van der Waals surface area contributed by atoms with Gasteiger partial charge in [-0.3, -0.25) is 4.99 Å². The Morgan fingerprint density at radius 3 is 2.68 bits per heavy atom. The summed E-state index contributed by atoms with van der Waals surface area (Å²) in [5.74, 6) is 0.222. The minimum Gasteiger partial charge on any atom is -0.495 e. The third kappa shape index (κ3) is 4.10. The quantitative estimate of drug-likeness (QED) is 0.874. The molecule has 25 heavy (non-hydrogen) atoms. The summed E-state index contributed by atoms with van der Waals surface area (Å²) in [6, 6.07) is 5.21. The predicted octanol–water partition coefficient (Wildman–Crippen LogP) is 2.04. The van der Waals surface area contributed by atoms with Crippen LogP contribution in [0.5, 0.6) is 5.75 Å². The Bertz CT molecular complexity index is 925. The molecule has 9 heteroatoms. The third-order valence-corrected chi connectivity index (χ3v) is 6.29. The number of ether oxygens (including phenoxy) is 1. The summed E-state index contributed by atoms with van der Waals surface area (Å²) in [5.41, 5.74) is 0.676. The lowest BCUT2D eigenvalue weighted by Crippen LogP contribution is -2.18. The van der Waals surface area contributed by atoms with Crippen LogP contribution in [0.25, 0.3) is 10.6 Å². The highest BCUT2D eigenvalue weighted by molar-refractivity contribution is 7.89. The minimum absolute atomic E-state index is 0.0453. The zero-order chi connectivity index (χ0) is 18.0. The lowest BCUT2D eigenvalue weighted by Gasteiger charge is -2.16. The van der Waals surface area contributed by atoms with Crippen LogP contribution in [0.1, 0.15) is 32.1 Å². The first-order valence-electron chi connectivity index (χ1n) is 8.17. The van der Waals surface area contributed by atoms with Gasteiger partial charge in [0.05, 0.1) is 13.2 Å². The number of sulfonamides is 1. The zero-order valence-electron chi connectivity index (χ0n) is 14.3. The number of nitrogens with zero attached hydrogens (tertiary/aromatic N) is 3. The summed E-state index contributed by atoms with van der Waals surface area (Å²) < 4.78 is 30.4. The maximum atomic E-state index is 11.8. The highest BCUT2D eigenvalue weighted by Crippen LogP contribution is 2.29. The smallest absolute Gasteiger partial charge is 0.241 e. The van der Waals surface area contributed by atoms with E-state index in [2.05, 4.69) is 5.10 Å². The highest BCUT2D eigenvalue weighted by atomic mass is 32.2. The third-order valence-electron chi connectivity index (χ3n) is 4.29. The van der Waals surface area contributed by atoms with Crippen molar-refractivity contribution in [2.24, 2.45) is 17.2 Å². The lowest BCUT2D eigenvalue weighted by atomic mass is 9.96. The Morgan fingerprint density at radius 1 is 1.32 bits per heavy atom. The molecule has 2 aromatic rings. The van der Waals surface area contributed by atoms with Crippen LogP contribution < -0.4 is 14.7 Å². The van der Waals surface area contributed by atoms with Gasteiger partial charge >= 0.3 is 0 Å². The number of aryl methyl sites for hydroxylation is 1. The van der Waals surface area contributed by atoms with Gasteiger partial charge in [-0.2, -0.15) is 5.10 Å². The number of nitrogens with two attached hydrogens (primary N) is 1. The molecule has 1 fully saturated rings. The van der Waals surface area contributed by atoms with Crippen LogP contribution in [0.2, 0.25) is 0 Å². The molecule has 136 valence electrons. The Kier molecular flexibility index (Phi) is 5.26. The molecule has 0 bridgehead atoms. The molecule has 0 radical (unpaired) electrons. The normalized spacial score (nSPS) is 17.0. The van der Waals surface area contributed by atoms with Crippen LogP contribution in [0.3, 0.4) is 0 Å². The Hall–Kier alpha value is -1.71. The van der Waals surface area contributed by atoms with Crippen molar-refractivity contribution in [1.29, 1.82) is 0 Å². The molecule has 1 heterocycles. The Balaban J connectivity index is 2.00. The van der Waals surface area contributed by atoms with E-state index in [4.69, 9.17) is 14.9 Å². The molecule has 2 N–H and O–H groups in total. The van der Waals surface area contributed by atoms with Crippen molar-refractivity contribution in [2.75, 3.05) is 7.11 Å². The first-order chi connectivity index (χ1) is 11.9. The van der Waals surface area contributed by atoms with Gasteiger partial charge in [-0.25, -0.2) is 18.2 Å². The first kappa shape index (κ1) is 18.1. The van der Waals surface area contributed by atoms with Gasteiger partial charge in [-0.05, 0) is 31.0 Å². The van der Waals surface area contributed by atoms with E-state index in [9.17, 15) is 8.42 Å². The van der Waals surface area contributed by atoms with Crippen molar-refractivity contribution in [1.82, 2.24) is 9.78 Å². The predicted molar refractivity (Wildman–Crippen MR) is 96.9 cm³/mol. The minimum atomic E-state index is -3.88. The molecule has 7 nitrogen and oxygen atoms in total. The number of hydrogen-bond donors (Lipinski definition) is 1.